The molecule has 0 unspecified atom stereocenters. The molecule has 5 heteroatoms. The molecular weight excluding hydrogens is 517 g/mol. The second-order valence-electron chi connectivity index (χ2n) is 9.89. The first-order chi connectivity index (χ1) is 20.3. The topological polar surface area (TPSA) is 51.6 Å². The van der Waals surface area contributed by atoms with Gasteiger partial charge in [0.1, 0.15) is 0 Å². The van der Waals surface area contributed by atoms with Gasteiger partial charge in [0.15, 0.2) is 8.07 Å². The average Bonchev–Trinajstić information content (AvgIpc) is 3.48. The van der Waals surface area contributed by atoms with E-state index < -0.39 is 8.07 Å². The van der Waals surface area contributed by atoms with Crippen molar-refractivity contribution in [3.8, 4) is 22.8 Å². The van der Waals surface area contributed by atoms with Gasteiger partial charge in [0, 0.05) is 12.4 Å². The van der Waals surface area contributed by atoms with Gasteiger partial charge in [-0.05, 0) is 69.3 Å². The average molecular weight is 543 g/mol. The summed E-state index contributed by atoms with van der Waals surface area (Å²) in [6.45, 7) is 0. The molecule has 7 rings (SSSR count). The Labute approximate surface area is 240 Å². The van der Waals surface area contributed by atoms with E-state index in [-0.39, 0.29) is 0 Å². The first-order valence-corrected chi connectivity index (χ1v) is 15.7. The summed E-state index contributed by atoms with van der Waals surface area (Å²) in [6, 6.07) is 46.1. The Balaban J connectivity index is 1.46. The highest BCUT2D eigenvalue weighted by molar-refractivity contribution is 7.26. The third kappa shape index (κ3) is 4.42. The fourth-order valence-electron chi connectivity index (χ4n) is 5.76. The van der Waals surface area contributed by atoms with E-state index in [4.69, 9.17) is 9.97 Å². The normalized spacial score (nSPS) is 13.9. The van der Waals surface area contributed by atoms with E-state index in [2.05, 4.69) is 107 Å². The fraction of sp³-hybridized carbons (Fsp3) is 0. The highest BCUT2D eigenvalue weighted by Crippen LogP contribution is 2.41. The van der Waals surface area contributed by atoms with E-state index >= 15 is 0 Å². The van der Waals surface area contributed by atoms with Crippen molar-refractivity contribution in [2.24, 2.45) is 0 Å². The van der Waals surface area contributed by atoms with E-state index in [9.17, 15) is 0 Å². The number of hydrogen-bond donors (Lipinski definition) is 0. The standard InChI is InChI=1S/C36H26N4Si/c1-3-13-27(14-4-1)41(28-15-5-2-6-16-28)35(33-21-11-19-31(39-33)29-17-7-9-25-37-29)23-24-36(41)34-22-12-20-32(40-34)30-18-8-10-26-38-30/h1-26H. The number of benzene rings is 2. The third-order valence-corrected chi connectivity index (χ3v) is 12.4. The van der Waals surface area contributed by atoms with Gasteiger partial charge in [-0.25, -0.2) is 9.97 Å². The summed E-state index contributed by atoms with van der Waals surface area (Å²) in [5.41, 5.74) is 5.35. The lowest BCUT2D eigenvalue weighted by Gasteiger charge is -2.34. The van der Waals surface area contributed by atoms with Crippen molar-refractivity contribution in [2.75, 3.05) is 0 Å². The van der Waals surface area contributed by atoms with Gasteiger partial charge in [-0.1, -0.05) is 97.1 Å². The van der Waals surface area contributed by atoms with Crippen LogP contribution in [0.3, 0.4) is 0 Å². The quantitative estimate of drug-likeness (QED) is 0.228. The smallest absolute Gasteiger partial charge is 0.184 e. The number of aromatic nitrogens is 4. The number of nitrogens with zero attached hydrogens (tertiary/aromatic N) is 4. The lowest BCUT2D eigenvalue weighted by atomic mass is 10.2. The second kappa shape index (κ2) is 10.7. The van der Waals surface area contributed by atoms with E-state index in [1.807, 2.05) is 60.9 Å². The molecule has 0 N–H and O–H groups in total. The first kappa shape index (κ1) is 24.8. The molecule has 0 spiro atoms. The predicted molar refractivity (Wildman–Crippen MR) is 169 cm³/mol. The first-order valence-electron chi connectivity index (χ1n) is 13.7. The molecule has 194 valence electrons. The number of allylic oxidation sites excluding steroid dienone is 2. The SMILES string of the molecule is C1=C(c2cccc(-c3ccccn3)n2)[Si](c2ccccc2)(c2ccccc2)C(c2cccc(-c3ccccn3)n2)=C1. The molecule has 0 atom stereocenters. The van der Waals surface area contributed by atoms with E-state index in [1.165, 1.54) is 20.8 Å². The van der Waals surface area contributed by atoms with Gasteiger partial charge < -0.3 is 0 Å². The van der Waals surface area contributed by atoms with Crippen LogP contribution in [-0.4, -0.2) is 28.0 Å². The van der Waals surface area contributed by atoms with Crippen molar-refractivity contribution < 1.29 is 0 Å². The summed E-state index contributed by atoms with van der Waals surface area (Å²) in [5.74, 6) is 0. The molecule has 0 saturated carbocycles. The van der Waals surface area contributed by atoms with Gasteiger partial charge in [0.25, 0.3) is 0 Å². The molecule has 4 nitrogen and oxygen atoms in total. The van der Waals surface area contributed by atoms with Crippen molar-refractivity contribution in [1.29, 1.82) is 0 Å². The van der Waals surface area contributed by atoms with Crippen molar-refractivity contribution >= 4 is 28.8 Å². The van der Waals surface area contributed by atoms with Crippen LogP contribution in [-0.2, 0) is 0 Å². The van der Waals surface area contributed by atoms with Crippen LogP contribution in [0.4, 0.5) is 0 Å². The van der Waals surface area contributed by atoms with E-state index in [0.29, 0.717) is 0 Å². The molecular formula is C36H26N4Si. The Morgan fingerprint density at radius 2 is 0.732 bits per heavy atom. The number of pyridine rings is 4. The molecule has 5 heterocycles. The summed E-state index contributed by atoms with van der Waals surface area (Å²) in [4.78, 5) is 19.6. The zero-order valence-corrected chi connectivity index (χ0v) is 23.3. The van der Waals surface area contributed by atoms with Crippen LogP contribution in [0.15, 0.2) is 158 Å². The van der Waals surface area contributed by atoms with Gasteiger partial charge in [0.2, 0.25) is 0 Å². The minimum absolute atomic E-state index is 0.858. The Morgan fingerprint density at radius 3 is 1.15 bits per heavy atom. The maximum Gasteiger partial charge on any atom is 0.184 e. The molecule has 0 radical (unpaired) electrons. The third-order valence-electron chi connectivity index (χ3n) is 7.54. The molecule has 0 aliphatic carbocycles. The molecule has 2 aromatic carbocycles. The van der Waals surface area contributed by atoms with Gasteiger partial charge in [-0.3, -0.25) is 9.97 Å². The van der Waals surface area contributed by atoms with Gasteiger partial charge >= 0.3 is 0 Å². The minimum Gasteiger partial charge on any atom is -0.255 e. The lowest BCUT2D eigenvalue weighted by molar-refractivity contribution is 1.23. The molecule has 6 aromatic rings. The van der Waals surface area contributed by atoms with Gasteiger partial charge in [-0.2, -0.15) is 0 Å². The summed E-state index contributed by atoms with van der Waals surface area (Å²) in [5, 5.41) is 5.04. The largest absolute Gasteiger partial charge is 0.255 e. The summed E-state index contributed by atoms with van der Waals surface area (Å²) >= 11 is 0. The molecule has 0 bridgehead atoms. The van der Waals surface area contributed by atoms with E-state index in [0.717, 1.165) is 34.2 Å². The van der Waals surface area contributed by atoms with E-state index in [1.54, 1.807) is 0 Å². The fourth-order valence-corrected chi connectivity index (χ4v) is 10.7. The van der Waals surface area contributed by atoms with Crippen LogP contribution in [0.1, 0.15) is 11.4 Å². The van der Waals surface area contributed by atoms with Gasteiger partial charge in [0.05, 0.1) is 34.2 Å². The maximum atomic E-state index is 5.20. The summed E-state index contributed by atoms with van der Waals surface area (Å²) in [6.07, 6.45) is 8.15. The molecule has 0 fully saturated rings. The Bertz CT molecular complexity index is 1730. The maximum absolute atomic E-state index is 5.20. The number of hydrogen-bond acceptors (Lipinski definition) is 4. The Morgan fingerprint density at radius 1 is 0.341 bits per heavy atom. The Hall–Kier alpha value is -5.26. The van der Waals surface area contributed by atoms with Crippen molar-refractivity contribution in [3.63, 3.8) is 0 Å². The minimum atomic E-state index is -2.82. The molecule has 41 heavy (non-hydrogen) atoms. The van der Waals surface area contributed by atoms with Crippen molar-refractivity contribution in [1.82, 2.24) is 19.9 Å². The molecule has 0 saturated heterocycles. The second-order valence-corrected chi connectivity index (χ2v) is 13.6. The van der Waals surface area contributed by atoms with Crippen LogP contribution in [0.5, 0.6) is 0 Å². The van der Waals surface area contributed by atoms with Crippen LogP contribution in [0, 0.1) is 0 Å². The molecule has 0 amide bonds. The van der Waals surface area contributed by atoms with Crippen LogP contribution in [0.2, 0.25) is 0 Å². The highest BCUT2D eigenvalue weighted by Gasteiger charge is 2.48. The molecule has 4 aromatic heterocycles. The number of rotatable bonds is 6. The van der Waals surface area contributed by atoms with Gasteiger partial charge in [-0.15, -0.1) is 0 Å². The van der Waals surface area contributed by atoms with Crippen LogP contribution in [0.25, 0.3) is 33.2 Å². The highest BCUT2D eigenvalue weighted by atomic mass is 28.3. The molecule has 1 aliphatic rings. The lowest BCUT2D eigenvalue weighted by Crippen LogP contribution is -2.59. The van der Waals surface area contributed by atoms with Crippen molar-refractivity contribution in [3.05, 3.63) is 169 Å². The Kier molecular flexibility index (Phi) is 6.47. The van der Waals surface area contributed by atoms with Crippen LogP contribution < -0.4 is 10.4 Å². The van der Waals surface area contributed by atoms with Crippen LogP contribution >= 0.6 is 0 Å². The summed E-state index contributed by atoms with van der Waals surface area (Å²) in [7, 11) is -2.82. The zero-order chi connectivity index (χ0) is 27.5. The summed E-state index contributed by atoms with van der Waals surface area (Å²) < 4.78 is 0. The monoisotopic (exact) mass is 542 g/mol. The van der Waals surface area contributed by atoms with Crippen molar-refractivity contribution in [2.45, 2.75) is 0 Å². The zero-order valence-electron chi connectivity index (χ0n) is 22.3. The predicted octanol–water partition coefficient (Wildman–Crippen LogP) is 6.42. The molecule has 1 aliphatic heterocycles.